The van der Waals surface area contributed by atoms with E-state index in [1.54, 1.807) is 33.3 Å². The number of aromatic hydroxyl groups is 1. The molecule has 2 rings (SSSR count). The quantitative estimate of drug-likeness (QED) is 0.758. The van der Waals surface area contributed by atoms with Gasteiger partial charge in [-0.15, -0.1) is 0 Å². The Labute approximate surface area is 153 Å². The molecule has 1 amide bonds. The van der Waals surface area contributed by atoms with Crippen LogP contribution in [-0.2, 0) is 11.2 Å². The lowest BCUT2D eigenvalue weighted by Gasteiger charge is -2.16. The zero-order valence-corrected chi connectivity index (χ0v) is 15.5. The molecule has 0 heterocycles. The van der Waals surface area contributed by atoms with E-state index in [-0.39, 0.29) is 11.7 Å². The smallest absolute Gasteiger partial charge is 0.260 e. The number of hydrogen-bond acceptors (Lipinski definition) is 5. The molecular weight excluding hydrogens is 334 g/mol. The van der Waals surface area contributed by atoms with Crippen molar-refractivity contribution in [3.63, 3.8) is 0 Å². The van der Waals surface area contributed by atoms with Crippen LogP contribution >= 0.6 is 0 Å². The van der Waals surface area contributed by atoms with E-state index in [0.29, 0.717) is 30.2 Å². The molecular formula is C20H25NO5. The Kier molecular flexibility index (Phi) is 6.72. The van der Waals surface area contributed by atoms with E-state index >= 15 is 0 Å². The van der Waals surface area contributed by atoms with Crippen molar-refractivity contribution in [3.05, 3.63) is 47.5 Å². The van der Waals surface area contributed by atoms with Crippen LogP contribution in [0.25, 0.3) is 0 Å². The number of carbonyl (C=O) groups is 1. The van der Waals surface area contributed by atoms with Crippen LogP contribution in [0.1, 0.15) is 18.1 Å². The van der Waals surface area contributed by atoms with E-state index in [1.165, 1.54) is 12.1 Å². The Morgan fingerprint density at radius 2 is 1.73 bits per heavy atom. The van der Waals surface area contributed by atoms with E-state index in [1.807, 2.05) is 19.1 Å². The monoisotopic (exact) mass is 359 g/mol. The fourth-order valence-electron chi connectivity index (χ4n) is 2.54. The Hall–Kier alpha value is -2.89. The average molecular weight is 359 g/mol. The molecule has 6 nitrogen and oxygen atoms in total. The first-order valence-electron chi connectivity index (χ1n) is 8.39. The molecule has 0 aliphatic carbocycles. The molecule has 0 saturated carbocycles. The highest BCUT2D eigenvalue weighted by atomic mass is 16.5. The van der Waals surface area contributed by atoms with Gasteiger partial charge >= 0.3 is 0 Å². The minimum Gasteiger partial charge on any atom is -0.508 e. The second-order valence-electron chi connectivity index (χ2n) is 5.93. The van der Waals surface area contributed by atoms with Crippen molar-refractivity contribution in [2.75, 3.05) is 20.8 Å². The van der Waals surface area contributed by atoms with Crippen LogP contribution in [0.15, 0.2) is 36.4 Å². The molecule has 6 heteroatoms. The highest BCUT2D eigenvalue weighted by Gasteiger charge is 2.15. The number of benzene rings is 2. The van der Waals surface area contributed by atoms with Gasteiger partial charge in [0.25, 0.3) is 5.91 Å². The Morgan fingerprint density at radius 3 is 2.35 bits per heavy atom. The summed E-state index contributed by atoms with van der Waals surface area (Å²) in [6, 6.07) is 10.1. The lowest BCUT2D eigenvalue weighted by molar-refractivity contribution is -0.127. The highest BCUT2D eigenvalue weighted by molar-refractivity contribution is 5.80. The molecule has 0 aliphatic heterocycles. The van der Waals surface area contributed by atoms with Crippen LogP contribution in [0.3, 0.4) is 0 Å². The number of aryl methyl sites for hydroxylation is 1. The molecule has 1 atom stereocenters. The SMILES string of the molecule is COc1cc(C)c(CCNC(=O)C(C)Oc2ccc(O)cc2)cc1OC. The molecule has 0 aliphatic rings. The molecule has 0 fully saturated rings. The maximum Gasteiger partial charge on any atom is 0.260 e. The maximum atomic E-state index is 12.2. The summed E-state index contributed by atoms with van der Waals surface area (Å²) in [6.45, 7) is 4.16. The van der Waals surface area contributed by atoms with Crippen LogP contribution in [0.5, 0.6) is 23.0 Å². The van der Waals surface area contributed by atoms with Crippen LogP contribution in [0.4, 0.5) is 0 Å². The first kappa shape index (κ1) is 19.4. The van der Waals surface area contributed by atoms with Gasteiger partial charge in [0.2, 0.25) is 0 Å². The molecule has 2 N–H and O–H groups in total. The zero-order chi connectivity index (χ0) is 19.1. The van der Waals surface area contributed by atoms with Gasteiger partial charge in [-0.1, -0.05) is 0 Å². The summed E-state index contributed by atoms with van der Waals surface area (Å²) in [5.74, 6) is 1.84. The van der Waals surface area contributed by atoms with E-state index in [9.17, 15) is 9.90 Å². The number of rotatable bonds is 8. The molecule has 0 bridgehead atoms. The van der Waals surface area contributed by atoms with Gasteiger partial charge in [0.15, 0.2) is 17.6 Å². The van der Waals surface area contributed by atoms with Gasteiger partial charge in [-0.05, 0) is 67.8 Å². The van der Waals surface area contributed by atoms with E-state index in [4.69, 9.17) is 14.2 Å². The second kappa shape index (κ2) is 8.99. The summed E-state index contributed by atoms with van der Waals surface area (Å²) in [4.78, 5) is 12.2. The molecule has 0 saturated heterocycles. The van der Waals surface area contributed by atoms with Crippen LogP contribution in [0.2, 0.25) is 0 Å². The normalized spacial score (nSPS) is 11.5. The third kappa shape index (κ3) is 5.05. The predicted octanol–water partition coefficient (Wildman–Crippen LogP) is 2.84. The minimum atomic E-state index is -0.633. The van der Waals surface area contributed by atoms with Crippen molar-refractivity contribution < 1.29 is 24.1 Å². The number of phenols is 1. The van der Waals surface area contributed by atoms with Crippen molar-refractivity contribution >= 4 is 5.91 Å². The summed E-state index contributed by atoms with van der Waals surface area (Å²) in [5, 5.41) is 12.1. The van der Waals surface area contributed by atoms with E-state index < -0.39 is 6.10 Å². The van der Waals surface area contributed by atoms with Gasteiger partial charge in [-0.2, -0.15) is 0 Å². The molecule has 0 radical (unpaired) electrons. The fourth-order valence-corrected chi connectivity index (χ4v) is 2.54. The fraction of sp³-hybridized carbons (Fsp3) is 0.350. The van der Waals surface area contributed by atoms with E-state index in [2.05, 4.69) is 5.32 Å². The number of nitrogens with one attached hydrogen (secondary N) is 1. The van der Waals surface area contributed by atoms with Crippen LogP contribution < -0.4 is 19.5 Å². The van der Waals surface area contributed by atoms with Gasteiger partial charge in [0.1, 0.15) is 11.5 Å². The molecule has 0 spiro atoms. The number of methoxy groups -OCH3 is 2. The summed E-state index contributed by atoms with van der Waals surface area (Å²) >= 11 is 0. The van der Waals surface area contributed by atoms with Gasteiger partial charge in [0, 0.05) is 6.54 Å². The van der Waals surface area contributed by atoms with Crippen molar-refractivity contribution in [3.8, 4) is 23.0 Å². The standard InChI is InChI=1S/C20H25NO5/c1-13-11-18(24-3)19(25-4)12-15(13)9-10-21-20(23)14(2)26-17-7-5-16(22)6-8-17/h5-8,11-12,14,22H,9-10H2,1-4H3,(H,21,23). The van der Waals surface area contributed by atoms with Crippen molar-refractivity contribution in [2.24, 2.45) is 0 Å². The van der Waals surface area contributed by atoms with Crippen LogP contribution in [0, 0.1) is 6.92 Å². The van der Waals surface area contributed by atoms with Gasteiger partial charge < -0.3 is 24.6 Å². The third-order valence-electron chi connectivity index (χ3n) is 4.05. The van der Waals surface area contributed by atoms with Crippen molar-refractivity contribution in [1.29, 1.82) is 0 Å². The lowest BCUT2D eigenvalue weighted by Crippen LogP contribution is -2.37. The molecule has 2 aromatic rings. The molecule has 2 aromatic carbocycles. The van der Waals surface area contributed by atoms with Crippen LogP contribution in [-0.4, -0.2) is 37.9 Å². The summed E-state index contributed by atoms with van der Waals surface area (Å²) in [7, 11) is 3.20. The maximum absolute atomic E-state index is 12.2. The van der Waals surface area contributed by atoms with E-state index in [0.717, 1.165) is 11.1 Å². The minimum absolute atomic E-state index is 0.153. The van der Waals surface area contributed by atoms with Crippen molar-refractivity contribution in [2.45, 2.75) is 26.4 Å². The number of carbonyl (C=O) groups excluding carboxylic acids is 1. The Morgan fingerprint density at radius 1 is 1.12 bits per heavy atom. The summed E-state index contributed by atoms with van der Waals surface area (Å²) < 4.78 is 16.2. The lowest BCUT2D eigenvalue weighted by atomic mass is 10.0. The summed E-state index contributed by atoms with van der Waals surface area (Å²) in [5.41, 5.74) is 2.15. The Bertz CT molecular complexity index is 743. The number of ether oxygens (including phenoxy) is 3. The number of phenolic OH excluding ortho intramolecular Hbond substituents is 1. The predicted molar refractivity (Wildman–Crippen MR) is 99.2 cm³/mol. The zero-order valence-electron chi connectivity index (χ0n) is 15.5. The second-order valence-corrected chi connectivity index (χ2v) is 5.93. The largest absolute Gasteiger partial charge is 0.508 e. The van der Waals surface area contributed by atoms with Gasteiger partial charge in [0.05, 0.1) is 14.2 Å². The molecule has 26 heavy (non-hydrogen) atoms. The summed E-state index contributed by atoms with van der Waals surface area (Å²) in [6.07, 6.45) is 0.0372. The Balaban J connectivity index is 1.88. The topological polar surface area (TPSA) is 77.0 Å². The van der Waals surface area contributed by atoms with Gasteiger partial charge in [-0.3, -0.25) is 4.79 Å². The third-order valence-corrected chi connectivity index (χ3v) is 4.05. The van der Waals surface area contributed by atoms with Crippen molar-refractivity contribution in [1.82, 2.24) is 5.32 Å². The highest BCUT2D eigenvalue weighted by Crippen LogP contribution is 2.30. The first-order chi connectivity index (χ1) is 12.4. The first-order valence-corrected chi connectivity index (χ1v) is 8.39. The molecule has 140 valence electrons. The van der Waals surface area contributed by atoms with Gasteiger partial charge in [-0.25, -0.2) is 0 Å². The number of hydrogen-bond donors (Lipinski definition) is 2. The average Bonchev–Trinajstić information content (AvgIpc) is 2.64. The molecule has 1 unspecified atom stereocenters. The molecule has 0 aromatic heterocycles. The number of amides is 1.